The lowest BCUT2D eigenvalue weighted by molar-refractivity contribution is 0.0696. The van der Waals surface area contributed by atoms with E-state index < -0.39 is 17.2 Å². The summed E-state index contributed by atoms with van der Waals surface area (Å²) >= 11 is 5.34. The molecule has 0 bridgehead atoms. The van der Waals surface area contributed by atoms with Gasteiger partial charge in [0, 0.05) is 11.1 Å². The molecule has 0 aliphatic rings. The Hall–Kier alpha value is -2.66. The Balaban J connectivity index is 2.68. The normalized spacial score (nSPS) is 10.1. The molecule has 0 unspecified atom stereocenters. The topological polar surface area (TPSA) is 91.7 Å². The van der Waals surface area contributed by atoms with Gasteiger partial charge in [0.05, 0.1) is 11.1 Å². The highest BCUT2D eigenvalue weighted by Gasteiger charge is 2.19. The van der Waals surface area contributed by atoms with Crippen LogP contribution in [0.2, 0.25) is 0 Å². The zero-order valence-electron chi connectivity index (χ0n) is 10.5. The fourth-order valence-electron chi connectivity index (χ4n) is 1.99. The summed E-state index contributed by atoms with van der Waals surface area (Å²) in [5.41, 5.74) is 0.461. The monoisotopic (exact) mass is 304 g/mol. The zero-order chi connectivity index (χ0) is 15.6. The van der Waals surface area contributed by atoms with Crippen molar-refractivity contribution >= 4 is 28.8 Å². The molecule has 0 amide bonds. The van der Waals surface area contributed by atoms with E-state index in [9.17, 15) is 24.6 Å². The lowest BCUT2D eigenvalue weighted by Gasteiger charge is -2.10. The molecule has 0 radical (unpaired) electrons. The molecule has 5 nitrogen and oxygen atoms in total. The fourth-order valence-corrected chi connectivity index (χ4v) is 2.11. The van der Waals surface area contributed by atoms with Crippen molar-refractivity contribution < 1.29 is 24.6 Å². The van der Waals surface area contributed by atoms with Crippen LogP contribution in [-0.4, -0.2) is 27.4 Å². The second-order valence-corrected chi connectivity index (χ2v) is 4.53. The molecule has 0 atom stereocenters. The standard InChI is InChI=1S/C15H9ClO5/c16-13(17)9-6-4-8(5-7-9)12-10(14(18)19)2-1-3-11(12)15(20)21/h1-7H,(H,18,19)(H,20,21). The van der Waals surface area contributed by atoms with Crippen molar-refractivity contribution in [2.45, 2.75) is 0 Å². The Morgan fingerprint density at radius 2 is 1.29 bits per heavy atom. The molecule has 0 fully saturated rings. The SMILES string of the molecule is O=C(Cl)c1ccc(-c2c(C(=O)O)cccc2C(=O)O)cc1. The Kier molecular flexibility index (Phi) is 4.05. The van der Waals surface area contributed by atoms with Gasteiger partial charge in [-0.3, -0.25) is 4.79 Å². The summed E-state index contributed by atoms with van der Waals surface area (Å²) in [5.74, 6) is -2.46. The second-order valence-electron chi connectivity index (χ2n) is 4.19. The van der Waals surface area contributed by atoms with Gasteiger partial charge in [0.2, 0.25) is 0 Å². The molecule has 0 aliphatic carbocycles. The van der Waals surface area contributed by atoms with Crippen molar-refractivity contribution in [1.29, 1.82) is 0 Å². The maximum atomic E-state index is 11.3. The third-order valence-electron chi connectivity index (χ3n) is 2.93. The number of halogens is 1. The number of rotatable bonds is 4. The molecule has 0 heterocycles. The molecule has 0 aliphatic heterocycles. The van der Waals surface area contributed by atoms with E-state index in [1.54, 1.807) is 0 Å². The lowest BCUT2D eigenvalue weighted by Crippen LogP contribution is -2.07. The predicted octanol–water partition coefficient (Wildman–Crippen LogP) is 3.13. The molecule has 6 heteroatoms. The molecule has 0 saturated heterocycles. The average molecular weight is 305 g/mol. The number of aromatic carboxylic acids is 2. The number of carbonyl (C=O) groups is 3. The quantitative estimate of drug-likeness (QED) is 0.847. The van der Waals surface area contributed by atoms with Crippen LogP contribution in [0.15, 0.2) is 42.5 Å². The van der Waals surface area contributed by atoms with E-state index in [1.807, 2.05) is 0 Å². The molecular weight excluding hydrogens is 296 g/mol. The van der Waals surface area contributed by atoms with Crippen LogP contribution in [0.25, 0.3) is 11.1 Å². The summed E-state index contributed by atoms with van der Waals surface area (Å²) in [5, 5.41) is 17.8. The third kappa shape index (κ3) is 2.93. The van der Waals surface area contributed by atoms with Crippen molar-refractivity contribution in [3.63, 3.8) is 0 Å². The van der Waals surface area contributed by atoms with Gasteiger partial charge >= 0.3 is 11.9 Å². The first kappa shape index (κ1) is 14.7. The third-order valence-corrected chi connectivity index (χ3v) is 3.14. The Morgan fingerprint density at radius 1 is 0.810 bits per heavy atom. The number of carbonyl (C=O) groups excluding carboxylic acids is 1. The Labute approximate surface area is 124 Å². The molecule has 21 heavy (non-hydrogen) atoms. The number of carboxylic acids is 2. The summed E-state index contributed by atoms with van der Waals surface area (Å²) in [6, 6.07) is 9.76. The van der Waals surface area contributed by atoms with E-state index in [0.717, 1.165) is 0 Å². The van der Waals surface area contributed by atoms with Gasteiger partial charge in [-0.15, -0.1) is 0 Å². The minimum absolute atomic E-state index is 0.0890. The molecule has 2 aromatic rings. The molecule has 0 spiro atoms. The van der Waals surface area contributed by atoms with Gasteiger partial charge in [0.1, 0.15) is 0 Å². The van der Waals surface area contributed by atoms with Gasteiger partial charge in [-0.1, -0.05) is 18.2 Å². The molecule has 0 saturated carbocycles. The number of hydrogen-bond donors (Lipinski definition) is 2. The van der Waals surface area contributed by atoms with Crippen LogP contribution in [0.1, 0.15) is 31.1 Å². The summed E-state index contributed by atoms with van der Waals surface area (Å²) < 4.78 is 0. The number of hydrogen-bond acceptors (Lipinski definition) is 3. The molecule has 106 valence electrons. The van der Waals surface area contributed by atoms with Crippen LogP contribution in [0.5, 0.6) is 0 Å². The average Bonchev–Trinajstić information content (AvgIpc) is 2.46. The van der Waals surface area contributed by atoms with Crippen LogP contribution in [0, 0.1) is 0 Å². The van der Waals surface area contributed by atoms with E-state index in [1.165, 1.54) is 42.5 Å². The largest absolute Gasteiger partial charge is 0.478 e. The molecular formula is C15H9ClO5. The van der Waals surface area contributed by atoms with Gasteiger partial charge in [0.25, 0.3) is 5.24 Å². The maximum absolute atomic E-state index is 11.3. The van der Waals surface area contributed by atoms with Crippen molar-refractivity contribution in [3.05, 3.63) is 59.2 Å². The maximum Gasteiger partial charge on any atom is 0.336 e. The highest BCUT2D eigenvalue weighted by Crippen LogP contribution is 2.28. The summed E-state index contributed by atoms with van der Waals surface area (Å²) in [6.45, 7) is 0. The van der Waals surface area contributed by atoms with Crippen molar-refractivity contribution in [2.75, 3.05) is 0 Å². The molecule has 2 N–H and O–H groups in total. The first-order valence-corrected chi connectivity index (χ1v) is 6.19. The van der Waals surface area contributed by atoms with E-state index in [-0.39, 0.29) is 22.3 Å². The van der Waals surface area contributed by atoms with E-state index in [4.69, 9.17) is 11.6 Å². The summed E-state index contributed by atoms with van der Waals surface area (Å²) in [6.07, 6.45) is 0. The van der Waals surface area contributed by atoms with Gasteiger partial charge in [0.15, 0.2) is 0 Å². The lowest BCUT2D eigenvalue weighted by atomic mass is 9.93. The van der Waals surface area contributed by atoms with Crippen LogP contribution in [0.3, 0.4) is 0 Å². The van der Waals surface area contributed by atoms with E-state index in [2.05, 4.69) is 0 Å². The smallest absolute Gasteiger partial charge is 0.336 e. The molecule has 2 aromatic carbocycles. The fraction of sp³-hybridized carbons (Fsp3) is 0. The van der Waals surface area contributed by atoms with Crippen molar-refractivity contribution in [3.8, 4) is 11.1 Å². The highest BCUT2D eigenvalue weighted by molar-refractivity contribution is 6.67. The van der Waals surface area contributed by atoms with Gasteiger partial charge in [-0.25, -0.2) is 9.59 Å². The zero-order valence-corrected chi connectivity index (χ0v) is 11.3. The first-order valence-electron chi connectivity index (χ1n) is 5.81. The van der Waals surface area contributed by atoms with Gasteiger partial charge in [-0.2, -0.15) is 0 Å². The van der Waals surface area contributed by atoms with E-state index in [0.29, 0.717) is 5.56 Å². The van der Waals surface area contributed by atoms with Crippen LogP contribution in [0.4, 0.5) is 0 Å². The van der Waals surface area contributed by atoms with Crippen LogP contribution in [-0.2, 0) is 0 Å². The second kappa shape index (κ2) is 5.76. The summed E-state index contributed by atoms with van der Waals surface area (Å²) in [7, 11) is 0. The molecule has 2 rings (SSSR count). The highest BCUT2D eigenvalue weighted by atomic mass is 35.5. The van der Waals surface area contributed by atoms with E-state index >= 15 is 0 Å². The summed E-state index contributed by atoms with van der Waals surface area (Å²) in [4.78, 5) is 33.6. The molecule has 0 aromatic heterocycles. The van der Waals surface area contributed by atoms with Gasteiger partial charge in [-0.05, 0) is 41.4 Å². The Bertz CT molecular complexity index is 702. The van der Waals surface area contributed by atoms with Crippen molar-refractivity contribution in [1.82, 2.24) is 0 Å². The predicted molar refractivity (Wildman–Crippen MR) is 76.0 cm³/mol. The number of benzene rings is 2. The Morgan fingerprint density at radius 3 is 1.67 bits per heavy atom. The first-order chi connectivity index (χ1) is 9.91. The van der Waals surface area contributed by atoms with Crippen molar-refractivity contribution in [2.24, 2.45) is 0 Å². The minimum atomic E-state index is -1.23. The van der Waals surface area contributed by atoms with Gasteiger partial charge < -0.3 is 10.2 Å². The number of carboxylic acid groups (broad SMARTS) is 2. The van der Waals surface area contributed by atoms with Crippen LogP contribution < -0.4 is 0 Å². The van der Waals surface area contributed by atoms with Crippen LogP contribution >= 0.6 is 11.6 Å². The minimum Gasteiger partial charge on any atom is -0.478 e.